The van der Waals surface area contributed by atoms with Crippen LogP contribution in [-0.2, 0) is 0 Å². The molecule has 0 unspecified atom stereocenters. The first-order valence-electron chi connectivity index (χ1n) is 9.37. The van der Waals surface area contributed by atoms with Crippen LogP contribution >= 0.6 is 35.0 Å². The minimum absolute atomic E-state index is 0.448. The Labute approximate surface area is 182 Å². The highest BCUT2D eigenvalue weighted by molar-refractivity contribution is 8.04. The van der Waals surface area contributed by atoms with E-state index in [9.17, 15) is 0 Å². The highest BCUT2D eigenvalue weighted by Gasteiger charge is 2.13. The van der Waals surface area contributed by atoms with Gasteiger partial charge in [-0.1, -0.05) is 92.6 Å². The number of benzene rings is 3. The van der Waals surface area contributed by atoms with E-state index in [0.29, 0.717) is 21.2 Å². The predicted octanol–water partition coefficient (Wildman–Crippen LogP) is 8.15. The Morgan fingerprint density at radius 3 is 1.82 bits per heavy atom. The van der Waals surface area contributed by atoms with Gasteiger partial charge in [-0.15, -0.1) is 0 Å². The molecular weight excluding hydrogens is 403 g/mol. The number of halogens is 2. The summed E-state index contributed by atoms with van der Waals surface area (Å²) in [5.74, 6) is 10.6. The molecule has 0 radical (unpaired) electrons. The van der Waals surface area contributed by atoms with Gasteiger partial charge in [0.1, 0.15) is 0 Å². The van der Waals surface area contributed by atoms with E-state index >= 15 is 0 Å². The Morgan fingerprint density at radius 2 is 1.32 bits per heavy atom. The molecule has 0 fully saturated rings. The standard InChI is InChI=1S/C25H22Cl2S/c1-16(2)6-5-7-20-21-10-8-19(27)15-25(21)23(12-13-28-17(3)4)22-11-9-18(26)14-24(20)22/h8-11,14-17H,6H2,1-4H3. The molecule has 0 spiro atoms. The van der Waals surface area contributed by atoms with E-state index in [-0.39, 0.29) is 0 Å². The molecule has 0 N–H and O–H groups in total. The third-order valence-corrected chi connectivity index (χ3v) is 5.40. The van der Waals surface area contributed by atoms with Crippen molar-refractivity contribution in [3.05, 3.63) is 57.6 Å². The van der Waals surface area contributed by atoms with Gasteiger partial charge in [-0.3, -0.25) is 0 Å². The molecule has 3 aromatic rings. The van der Waals surface area contributed by atoms with Crippen molar-refractivity contribution < 1.29 is 0 Å². The summed E-state index contributed by atoms with van der Waals surface area (Å²) in [6.45, 7) is 8.62. The number of thioether (sulfide) groups is 1. The van der Waals surface area contributed by atoms with Gasteiger partial charge in [0.2, 0.25) is 0 Å². The quantitative estimate of drug-likeness (QED) is 0.295. The summed E-state index contributed by atoms with van der Waals surface area (Å²) in [5.41, 5.74) is 1.97. The van der Waals surface area contributed by atoms with Crippen molar-refractivity contribution in [1.82, 2.24) is 0 Å². The molecule has 3 aromatic carbocycles. The van der Waals surface area contributed by atoms with Crippen molar-refractivity contribution in [3.63, 3.8) is 0 Å². The molecule has 0 aliphatic rings. The third-order valence-electron chi connectivity index (χ3n) is 4.23. The zero-order valence-electron chi connectivity index (χ0n) is 16.5. The molecule has 3 rings (SSSR count). The van der Waals surface area contributed by atoms with Gasteiger partial charge in [0.15, 0.2) is 0 Å². The van der Waals surface area contributed by atoms with Gasteiger partial charge >= 0.3 is 0 Å². The molecular formula is C25H22Cl2S. The third kappa shape index (κ3) is 4.79. The maximum atomic E-state index is 6.34. The van der Waals surface area contributed by atoms with Crippen LogP contribution in [0, 0.1) is 28.9 Å². The summed E-state index contributed by atoms with van der Waals surface area (Å²) in [7, 11) is 0. The first kappa shape index (κ1) is 21.0. The first-order chi connectivity index (χ1) is 13.4. The molecule has 142 valence electrons. The minimum Gasteiger partial charge on any atom is -0.0976 e. The van der Waals surface area contributed by atoms with Crippen molar-refractivity contribution in [2.75, 3.05) is 0 Å². The van der Waals surface area contributed by atoms with Gasteiger partial charge in [0, 0.05) is 43.6 Å². The lowest BCUT2D eigenvalue weighted by atomic mass is 9.92. The van der Waals surface area contributed by atoms with Gasteiger partial charge < -0.3 is 0 Å². The van der Waals surface area contributed by atoms with E-state index in [1.165, 1.54) is 0 Å². The van der Waals surface area contributed by atoms with Crippen LogP contribution in [0.15, 0.2) is 36.4 Å². The fourth-order valence-electron chi connectivity index (χ4n) is 2.98. The van der Waals surface area contributed by atoms with Gasteiger partial charge in [0.05, 0.1) is 0 Å². The Bertz CT molecular complexity index is 1060. The van der Waals surface area contributed by atoms with Crippen molar-refractivity contribution in [2.24, 2.45) is 5.92 Å². The lowest BCUT2D eigenvalue weighted by Gasteiger charge is -2.12. The van der Waals surface area contributed by atoms with Crippen LogP contribution in [0.25, 0.3) is 21.5 Å². The minimum atomic E-state index is 0.448. The molecule has 0 atom stereocenters. The van der Waals surface area contributed by atoms with Crippen LogP contribution in [0.5, 0.6) is 0 Å². The summed E-state index contributed by atoms with van der Waals surface area (Å²) in [5, 5.41) is 9.29. The number of rotatable bonds is 2. The molecule has 0 amide bonds. The van der Waals surface area contributed by atoms with E-state index in [2.05, 4.69) is 50.7 Å². The van der Waals surface area contributed by atoms with Crippen LogP contribution in [0.4, 0.5) is 0 Å². The molecule has 0 bridgehead atoms. The van der Waals surface area contributed by atoms with Crippen LogP contribution in [0.2, 0.25) is 10.0 Å². The van der Waals surface area contributed by atoms with E-state index < -0.39 is 0 Å². The fraction of sp³-hybridized carbons (Fsp3) is 0.280. The van der Waals surface area contributed by atoms with E-state index in [4.69, 9.17) is 23.2 Å². The number of fused-ring (bicyclic) bond motifs is 2. The molecule has 0 aliphatic carbocycles. The normalized spacial score (nSPS) is 10.9. The smallest absolute Gasteiger partial charge is 0.0412 e. The van der Waals surface area contributed by atoms with Crippen molar-refractivity contribution in [1.29, 1.82) is 0 Å². The molecule has 0 saturated carbocycles. The predicted molar refractivity (Wildman–Crippen MR) is 127 cm³/mol. The molecule has 0 saturated heterocycles. The van der Waals surface area contributed by atoms with Gasteiger partial charge in [-0.25, -0.2) is 0 Å². The Hall–Kier alpha value is -1.77. The second-order valence-electron chi connectivity index (χ2n) is 7.42. The maximum absolute atomic E-state index is 6.34. The Morgan fingerprint density at radius 1 is 0.786 bits per heavy atom. The van der Waals surface area contributed by atoms with Crippen molar-refractivity contribution >= 4 is 56.5 Å². The topological polar surface area (TPSA) is 0 Å². The van der Waals surface area contributed by atoms with Crippen LogP contribution in [0.1, 0.15) is 45.2 Å². The Balaban J connectivity index is 2.39. The van der Waals surface area contributed by atoms with Crippen LogP contribution in [0.3, 0.4) is 0 Å². The highest BCUT2D eigenvalue weighted by atomic mass is 35.5. The molecule has 0 nitrogen and oxygen atoms in total. The molecule has 28 heavy (non-hydrogen) atoms. The van der Waals surface area contributed by atoms with E-state index in [0.717, 1.165) is 39.1 Å². The van der Waals surface area contributed by atoms with Gasteiger partial charge in [0.25, 0.3) is 0 Å². The zero-order chi connectivity index (χ0) is 20.3. The van der Waals surface area contributed by atoms with Gasteiger partial charge in [-0.2, -0.15) is 0 Å². The summed E-state index contributed by atoms with van der Waals surface area (Å²) in [6, 6.07) is 11.9. The average molecular weight is 425 g/mol. The van der Waals surface area contributed by atoms with E-state index in [1.807, 2.05) is 36.4 Å². The second-order valence-corrected chi connectivity index (χ2v) is 9.68. The molecule has 0 aliphatic heterocycles. The monoisotopic (exact) mass is 424 g/mol. The second kappa shape index (κ2) is 9.15. The molecule has 0 heterocycles. The summed E-state index contributed by atoms with van der Waals surface area (Å²) >= 11 is 14.3. The molecule has 0 aromatic heterocycles. The number of hydrogen-bond donors (Lipinski definition) is 0. The lowest BCUT2D eigenvalue weighted by Crippen LogP contribution is -1.91. The zero-order valence-corrected chi connectivity index (χ0v) is 18.8. The average Bonchev–Trinajstić information content (AvgIpc) is 2.62. The summed E-state index contributed by atoms with van der Waals surface area (Å²) < 4.78 is 0. The lowest BCUT2D eigenvalue weighted by molar-refractivity contribution is 0.676. The van der Waals surface area contributed by atoms with Crippen molar-refractivity contribution in [3.8, 4) is 23.0 Å². The van der Waals surface area contributed by atoms with Gasteiger partial charge in [-0.05, 0) is 46.2 Å². The summed E-state index contributed by atoms with van der Waals surface area (Å²) in [4.78, 5) is 0. The Kier molecular flexibility index (Phi) is 6.85. The van der Waals surface area contributed by atoms with Crippen molar-refractivity contribution in [2.45, 2.75) is 39.4 Å². The highest BCUT2D eigenvalue weighted by Crippen LogP contribution is 2.35. The first-order valence-corrected chi connectivity index (χ1v) is 11.0. The summed E-state index contributed by atoms with van der Waals surface area (Å²) in [6.07, 6.45) is 0.851. The molecule has 3 heteroatoms. The SMILES string of the molecule is CC(C)CC#Cc1c2ccc(Cl)cc2c(C#CSC(C)C)c2ccc(Cl)cc12. The van der Waals surface area contributed by atoms with Crippen LogP contribution < -0.4 is 0 Å². The number of hydrogen-bond acceptors (Lipinski definition) is 1. The van der Waals surface area contributed by atoms with Crippen LogP contribution in [-0.4, -0.2) is 5.25 Å². The fourth-order valence-corrected chi connectivity index (χ4v) is 3.72. The van der Waals surface area contributed by atoms with E-state index in [1.54, 1.807) is 11.8 Å². The largest absolute Gasteiger partial charge is 0.0976 e. The maximum Gasteiger partial charge on any atom is 0.0412 e.